The van der Waals surface area contributed by atoms with Crippen molar-refractivity contribution in [2.75, 3.05) is 13.1 Å². The van der Waals surface area contributed by atoms with Crippen LogP contribution in [0, 0.1) is 6.92 Å². The summed E-state index contributed by atoms with van der Waals surface area (Å²) in [6, 6.07) is 5.84. The van der Waals surface area contributed by atoms with Crippen LogP contribution in [-0.4, -0.2) is 28.9 Å². The minimum absolute atomic E-state index is 0.169. The number of rotatable bonds is 1. The number of hydrogen-bond acceptors (Lipinski definition) is 3. The number of amides is 1. The normalized spacial score (nSPS) is 16.2. The molecule has 94 valence electrons. The van der Waals surface area contributed by atoms with Crippen molar-refractivity contribution in [1.29, 1.82) is 0 Å². The maximum absolute atomic E-state index is 12.4. The lowest BCUT2D eigenvalue weighted by molar-refractivity contribution is 0.0724. The Morgan fingerprint density at radius 2 is 2.06 bits per heavy atom. The number of nitrogens with zero attached hydrogens (tertiary/aromatic N) is 2. The summed E-state index contributed by atoms with van der Waals surface area (Å²) in [7, 11) is 0. The highest BCUT2D eigenvalue weighted by molar-refractivity contribution is 7.18. The van der Waals surface area contributed by atoms with Gasteiger partial charge in [0.05, 0.1) is 15.2 Å². The molecule has 1 amide bonds. The molecule has 2 heterocycles. The van der Waals surface area contributed by atoms with Gasteiger partial charge in [-0.25, -0.2) is 4.98 Å². The van der Waals surface area contributed by atoms with Gasteiger partial charge in [0.25, 0.3) is 5.91 Å². The maximum Gasteiger partial charge on any atom is 0.253 e. The molecule has 1 aromatic heterocycles. The highest BCUT2D eigenvalue weighted by atomic mass is 32.1. The van der Waals surface area contributed by atoms with Crippen LogP contribution in [0.1, 0.15) is 34.6 Å². The van der Waals surface area contributed by atoms with Gasteiger partial charge in [0.2, 0.25) is 0 Å². The van der Waals surface area contributed by atoms with Gasteiger partial charge >= 0.3 is 0 Å². The monoisotopic (exact) mass is 260 g/mol. The van der Waals surface area contributed by atoms with Crippen LogP contribution in [0.4, 0.5) is 0 Å². The van der Waals surface area contributed by atoms with Crippen LogP contribution in [0.2, 0.25) is 0 Å². The van der Waals surface area contributed by atoms with Gasteiger partial charge in [-0.15, -0.1) is 11.3 Å². The smallest absolute Gasteiger partial charge is 0.253 e. The highest BCUT2D eigenvalue weighted by Crippen LogP contribution is 2.23. The van der Waals surface area contributed by atoms with Crippen molar-refractivity contribution in [2.24, 2.45) is 0 Å². The fraction of sp³-hybridized carbons (Fsp3) is 0.429. The minimum atomic E-state index is 0.169. The molecule has 0 aliphatic carbocycles. The Balaban J connectivity index is 1.90. The first-order chi connectivity index (χ1) is 8.74. The lowest BCUT2D eigenvalue weighted by Crippen LogP contribution is -2.35. The van der Waals surface area contributed by atoms with E-state index >= 15 is 0 Å². The van der Waals surface area contributed by atoms with E-state index in [1.165, 1.54) is 6.42 Å². The Morgan fingerprint density at radius 3 is 2.83 bits per heavy atom. The first-order valence-corrected chi connectivity index (χ1v) is 7.22. The summed E-state index contributed by atoms with van der Waals surface area (Å²) in [6.07, 6.45) is 3.51. The largest absolute Gasteiger partial charge is 0.339 e. The van der Waals surface area contributed by atoms with E-state index < -0.39 is 0 Å². The average molecular weight is 260 g/mol. The Morgan fingerprint density at radius 1 is 1.28 bits per heavy atom. The summed E-state index contributed by atoms with van der Waals surface area (Å²) in [5.41, 5.74) is 1.79. The van der Waals surface area contributed by atoms with Gasteiger partial charge in [-0.3, -0.25) is 4.79 Å². The zero-order valence-corrected chi connectivity index (χ0v) is 11.3. The van der Waals surface area contributed by atoms with E-state index in [4.69, 9.17) is 0 Å². The maximum atomic E-state index is 12.4. The van der Waals surface area contributed by atoms with E-state index in [0.29, 0.717) is 0 Å². The van der Waals surface area contributed by atoms with E-state index in [-0.39, 0.29) is 5.91 Å². The number of benzene rings is 1. The van der Waals surface area contributed by atoms with E-state index in [0.717, 1.165) is 46.7 Å². The summed E-state index contributed by atoms with van der Waals surface area (Å²) in [6.45, 7) is 3.80. The Hall–Kier alpha value is -1.42. The van der Waals surface area contributed by atoms with Crippen molar-refractivity contribution in [2.45, 2.75) is 26.2 Å². The summed E-state index contributed by atoms with van der Waals surface area (Å²) in [5.74, 6) is 0.169. The van der Waals surface area contributed by atoms with Gasteiger partial charge in [-0.05, 0) is 44.4 Å². The number of aryl methyl sites for hydroxylation is 1. The van der Waals surface area contributed by atoms with Gasteiger partial charge in [-0.1, -0.05) is 0 Å². The van der Waals surface area contributed by atoms with E-state index in [1.54, 1.807) is 11.3 Å². The number of carbonyl (C=O) groups excluding carboxylic acids is 1. The zero-order valence-electron chi connectivity index (χ0n) is 10.5. The van der Waals surface area contributed by atoms with Gasteiger partial charge in [0.15, 0.2) is 0 Å². The molecule has 4 heteroatoms. The second-order valence-corrected chi connectivity index (χ2v) is 6.00. The molecular weight excluding hydrogens is 244 g/mol. The van der Waals surface area contributed by atoms with Crippen molar-refractivity contribution < 1.29 is 4.79 Å². The Bertz CT molecular complexity index is 584. The molecule has 3 rings (SSSR count). The topological polar surface area (TPSA) is 33.2 Å². The third-order valence-electron chi connectivity index (χ3n) is 3.39. The van der Waals surface area contributed by atoms with E-state index in [2.05, 4.69) is 4.98 Å². The second-order valence-electron chi connectivity index (χ2n) is 4.77. The standard InChI is InChI=1S/C14H16N2OS/c1-10-15-12-6-5-11(9-13(12)18-10)14(17)16-7-3-2-4-8-16/h5-6,9H,2-4,7-8H2,1H3. The van der Waals surface area contributed by atoms with Gasteiger partial charge in [0, 0.05) is 18.7 Å². The van der Waals surface area contributed by atoms with E-state index in [9.17, 15) is 4.79 Å². The predicted molar refractivity (Wildman–Crippen MR) is 74.1 cm³/mol. The van der Waals surface area contributed by atoms with Crippen LogP contribution in [0.15, 0.2) is 18.2 Å². The van der Waals surface area contributed by atoms with Crippen molar-refractivity contribution in [3.8, 4) is 0 Å². The number of hydrogen-bond donors (Lipinski definition) is 0. The molecule has 1 aliphatic rings. The number of carbonyl (C=O) groups is 1. The molecular formula is C14H16N2OS. The molecule has 1 saturated heterocycles. The highest BCUT2D eigenvalue weighted by Gasteiger charge is 2.18. The lowest BCUT2D eigenvalue weighted by atomic mass is 10.1. The fourth-order valence-electron chi connectivity index (χ4n) is 2.45. The molecule has 1 fully saturated rings. The van der Waals surface area contributed by atoms with Crippen LogP contribution < -0.4 is 0 Å². The molecule has 1 aliphatic heterocycles. The third kappa shape index (κ3) is 2.12. The second kappa shape index (κ2) is 4.69. The van der Waals surface area contributed by atoms with Crippen LogP contribution in [0.5, 0.6) is 0 Å². The zero-order chi connectivity index (χ0) is 12.5. The van der Waals surface area contributed by atoms with Crippen LogP contribution in [0.25, 0.3) is 10.2 Å². The predicted octanol–water partition coefficient (Wildman–Crippen LogP) is 3.23. The van der Waals surface area contributed by atoms with E-state index in [1.807, 2.05) is 30.0 Å². The molecule has 0 spiro atoms. The van der Waals surface area contributed by atoms with Crippen LogP contribution in [0.3, 0.4) is 0 Å². The first kappa shape index (κ1) is 11.7. The third-order valence-corrected chi connectivity index (χ3v) is 4.32. The van der Waals surface area contributed by atoms with Gasteiger partial charge < -0.3 is 4.90 Å². The molecule has 0 N–H and O–H groups in total. The molecule has 0 radical (unpaired) electrons. The fourth-order valence-corrected chi connectivity index (χ4v) is 3.32. The van der Waals surface area contributed by atoms with Crippen LogP contribution >= 0.6 is 11.3 Å². The average Bonchev–Trinajstić information content (AvgIpc) is 2.78. The number of thiazole rings is 1. The molecule has 0 atom stereocenters. The van der Waals surface area contributed by atoms with Crippen molar-refractivity contribution in [3.05, 3.63) is 28.8 Å². The summed E-state index contributed by atoms with van der Waals surface area (Å²) in [5, 5.41) is 1.05. The number of likely N-dealkylation sites (tertiary alicyclic amines) is 1. The first-order valence-electron chi connectivity index (χ1n) is 6.40. The summed E-state index contributed by atoms with van der Waals surface area (Å²) < 4.78 is 1.11. The summed E-state index contributed by atoms with van der Waals surface area (Å²) >= 11 is 1.65. The molecule has 1 aromatic carbocycles. The number of fused-ring (bicyclic) bond motifs is 1. The van der Waals surface area contributed by atoms with Crippen molar-refractivity contribution in [1.82, 2.24) is 9.88 Å². The number of aromatic nitrogens is 1. The molecule has 2 aromatic rings. The lowest BCUT2D eigenvalue weighted by Gasteiger charge is -2.26. The Kier molecular flexibility index (Phi) is 3.04. The van der Waals surface area contributed by atoms with Crippen molar-refractivity contribution in [3.63, 3.8) is 0 Å². The van der Waals surface area contributed by atoms with Gasteiger partial charge in [0.1, 0.15) is 0 Å². The summed E-state index contributed by atoms with van der Waals surface area (Å²) in [4.78, 5) is 18.8. The minimum Gasteiger partial charge on any atom is -0.339 e. The Labute approximate surface area is 110 Å². The molecule has 0 saturated carbocycles. The molecule has 0 unspecified atom stereocenters. The quantitative estimate of drug-likeness (QED) is 0.788. The SMILES string of the molecule is Cc1nc2ccc(C(=O)N3CCCCC3)cc2s1. The number of piperidine rings is 1. The molecule has 3 nitrogen and oxygen atoms in total. The molecule has 18 heavy (non-hydrogen) atoms. The van der Waals surface area contributed by atoms with Crippen LogP contribution in [-0.2, 0) is 0 Å². The molecule has 0 bridgehead atoms. The van der Waals surface area contributed by atoms with Crippen molar-refractivity contribution >= 4 is 27.5 Å². The van der Waals surface area contributed by atoms with Gasteiger partial charge in [-0.2, -0.15) is 0 Å².